The summed E-state index contributed by atoms with van der Waals surface area (Å²) in [5.41, 5.74) is 0.798. The van der Waals surface area contributed by atoms with Crippen molar-refractivity contribution < 1.29 is 27.9 Å². The van der Waals surface area contributed by atoms with Gasteiger partial charge in [0.1, 0.15) is 11.3 Å². The Morgan fingerprint density at radius 1 is 1.24 bits per heavy atom. The average Bonchev–Trinajstić information content (AvgIpc) is 3.29. The van der Waals surface area contributed by atoms with Crippen LogP contribution in [0.3, 0.4) is 0 Å². The molecule has 1 aliphatic heterocycles. The lowest BCUT2D eigenvalue weighted by atomic mass is 10.1. The Balaban J connectivity index is 1.63. The Morgan fingerprint density at radius 2 is 1.96 bits per heavy atom. The molecular formula is C17H21NO6S. The van der Waals surface area contributed by atoms with Gasteiger partial charge in [-0.15, -0.1) is 0 Å². The zero-order valence-electron chi connectivity index (χ0n) is 14.0. The lowest BCUT2D eigenvalue weighted by Gasteiger charge is -2.28. The van der Waals surface area contributed by atoms with E-state index in [9.17, 15) is 23.1 Å². The Morgan fingerprint density at radius 3 is 2.52 bits per heavy atom. The second kappa shape index (κ2) is 6.67. The first-order chi connectivity index (χ1) is 11.8. The largest absolute Gasteiger partial charge is 0.507 e. The number of hydrogen-bond donors (Lipinski definition) is 1. The number of aromatic hydroxyl groups is 1. The van der Waals surface area contributed by atoms with Crippen molar-refractivity contribution in [3.05, 3.63) is 29.3 Å². The Labute approximate surface area is 146 Å². The third-order valence-electron chi connectivity index (χ3n) is 4.53. The van der Waals surface area contributed by atoms with Gasteiger partial charge in [0.25, 0.3) is 5.91 Å². The molecule has 1 N–H and O–H groups in total. The number of esters is 1. The average molecular weight is 367 g/mol. The Kier molecular flexibility index (Phi) is 4.73. The van der Waals surface area contributed by atoms with Gasteiger partial charge in [0.2, 0.25) is 0 Å². The zero-order valence-corrected chi connectivity index (χ0v) is 14.8. The van der Waals surface area contributed by atoms with Crippen LogP contribution >= 0.6 is 0 Å². The van der Waals surface area contributed by atoms with E-state index in [1.165, 1.54) is 12.1 Å². The molecule has 136 valence electrons. The lowest BCUT2D eigenvalue weighted by Crippen LogP contribution is -2.44. The van der Waals surface area contributed by atoms with E-state index >= 15 is 0 Å². The van der Waals surface area contributed by atoms with Gasteiger partial charge in [-0.3, -0.25) is 4.79 Å². The summed E-state index contributed by atoms with van der Waals surface area (Å²) in [5.74, 6) is -1.30. The molecule has 3 rings (SSSR count). The van der Waals surface area contributed by atoms with Crippen LogP contribution < -0.4 is 0 Å². The minimum absolute atomic E-state index is 0.000170. The Bertz CT molecular complexity index is 799. The third kappa shape index (κ3) is 4.12. The molecule has 0 bridgehead atoms. The number of aryl methyl sites for hydroxylation is 1. The van der Waals surface area contributed by atoms with Crippen LogP contribution in [-0.4, -0.2) is 60.5 Å². The molecule has 0 radical (unpaired) electrons. The van der Waals surface area contributed by atoms with Crippen molar-refractivity contribution in [1.82, 2.24) is 4.90 Å². The van der Waals surface area contributed by atoms with E-state index in [4.69, 9.17) is 4.74 Å². The van der Waals surface area contributed by atoms with Crippen molar-refractivity contribution in [2.45, 2.75) is 38.3 Å². The van der Waals surface area contributed by atoms with Crippen LogP contribution in [0.25, 0.3) is 0 Å². The van der Waals surface area contributed by atoms with E-state index in [2.05, 4.69) is 0 Å². The predicted molar refractivity (Wildman–Crippen MR) is 90.1 cm³/mol. The molecule has 2 fully saturated rings. The number of ether oxygens (including phenoxy) is 1. The maximum Gasteiger partial charge on any atom is 0.342 e. The highest BCUT2D eigenvalue weighted by Crippen LogP contribution is 2.32. The van der Waals surface area contributed by atoms with Crippen LogP contribution in [0.1, 0.15) is 35.2 Å². The molecule has 1 aromatic carbocycles. The maximum absolute atomic E-state index is 12.5. The number of rotatable bonds is 5. The molecule has 7 nitrogen and oxygen atoms in total. The van der Waals surface area contributed by atoms with Gasteiger partial charge < -0.3 is 14.7 Å². The molecule has 1 aromatic rings. The molecule has 1 heterocycles. The molecule has 2 aliphatic rings. The molecular weight excluding hydrogens is 346 g/mol. The molecule has 1 saturated heterocycles. The van der Waals surface area contributed by atoms with Crippen LogP contribution in [0, 0.1) is 6.92 Å². The minimum Gasteiger partial charge on any atom is -0.507 e. The van der Waals surface area contributed by atoms with E-state index in [-0.39, 0.29) is 40.8 Å². The molecule has 0 aromatic heterocycles. The zero-order chi connectivity index (χ0) is 18.2. The van der Waals surface area contributed by atoms with Crippen LogP contribution in [0.15, 0.2) is 18.2 Å². The van der Waals surface area contributed by atoms with Crippen LogP contribution in [0.2, 0.25) is 0 Å². The van der Waals surface area contributed by atoms with Gasteiger partial charge in [0.05, 0.1) is 11.5 Å². The summed E-state index contributed by atoms with van der Waals surface area (Å²) in [7, 11) is -3.10. The highest BCUT2D eigenvalue weighted by atomic mass is 32.2. The van der Waals surface area contributed by atoms with E-state index in [1.807, 2.05) is 0 Å². The van der Waals surface area contributed by atoms with Gasteiger partial charge in [0.15, 0.2) is 16.4 Å². The fourth-order valence-corrected chi connectivity index (χ4v) is 4.86. The van der Waals surface area contributed by atoms with Crippen LogP contribution in [0.4, 0.5) is 0 Å². The predicted octanol–water partition coefficient (Wildman–Crippen LogP) is 1.04. The van der Waals surface area contributed by atoms with Crippen LogP contribution in [0.5, 0.6) is 5.75 Å². The summed E-state index contributed by atoms with van der Waals surface area (Å²) in [6, 6.07) is 4.25. The number of carbonyl (C=O) groups is 2. The number of nitrogens with zero attached hydrogens (tertiary/aromatic N) is 1. The number of benzene rings is 1. The molecule has 25 heavy (non-hydrogen) atoms. The van der Waals surface area contributed by atoms with Gasteiger partial charge in [-0.2, -0.15) is 0 Å². The second-order valence-electron chi connectivity index (χ2n) is 6.69. The van der Waals surface area contributed by atoms with Gasteiger partial charge in [-0.1, -0.05) is 6.07 Å². The summed E-state index contributed by atoms with van der Waals surface area (Å²) < 4.78 is 28.4. The van der Waals surface area contributed by atoms with E-state index in [0.717, 1.165) is 18.4 Å². The van der Waals surface area contributed by atoms with Crippen molar-refractivity contribution in [3.8, 4) is 5.75 Å². The van der Waals surface area contributed by atoms with Gasteiger partial charge in [0, 0.05) is 12.1 Å². The van der Waals surface area contributed by atoms with Crippen molar-refractivity contribution >= 4 is 21.7 Å². The van der Waals surface area contributed by atoms with E-state index < -0.39 is 22.4 Å². The van der Waals surface area contributed by atoms with Crippen LogP contribution in [-0.2, 0) is 19.4 Å². The molecule has 1 amide bonds. The summed E-state index contributed by atoms with van der Waals surface area (Å²) in [5, 5.41) is 9.80. The number of phenols is 1. The molecule has 0 spiro atoms. The van der Waals surface area contributed by atoms with Crippen molar-refractivity contribution in [2.24, 2.45) is 0 Å². The maximum atomic E-state index is 12.5. The SMILES string of the molecule is Cc1ccc(C(=O)OCC(=O)N(C2CC2)[C@@H]2CCS(=O)(=O)C2)c(O)c1. The fraction of sp³-hybridized carbons (Fsp3) is 0.529. The number of sulfone groups is 1. The summed E-state index contributed by atoms with van der Waals surface area (Å²) in [4.78, 5) is 26.1. The smallest absolute Gasteiger partial charge is 0.342 e. The number of carbonyl (C=O) groups excluding carboxylic acids is 2. The quantitative estimate of drug-likeness (QED) is 0.780. The first-order valence-electron chi connectivity index (χ1n) is 8.25. The lowest BCUT2D eigenvalue weighted by molar-refractivity contribution is -0.137. The van der Waals surface area contributed by atoms with E-state index in [0.29, 0.717) is 6.42 Å². The van der Waals surface area contributed by atoms with Crippen molar-refractivity contribution in [1.29, 1.82) is 0 Å². The normalized spacial score (nSPS) is 21.7. The highest BCUT2D eigenvalue weighted by molar-refractivity contribution is 7.91. The fourth-order valence-electron chi connectivity index (χ4n) is 3.15. The van der Waals surface area contributed by atoms with Gasteiger partial charge >= 0.3 is 5.97 Å². The molecule has 1 saturated carbocycles. The molecule has 1 atom stereocenters. The number of amides is 1. The first-order valence-corrected chi connectivity index (χ1v) is 10.1. The monoisotopic (exact) mass is 367 g/mol. The number of hydrogen-bond acceptors (Lipinski definition) is 6. The molecule has 1 aliphatic carbocycles. The van der Waals surface area contributed by atoms with E-state index in [1.54, 1.807) is 17.9 Å². The number of phenolic OH excluding ortho intramolecular Hbond substituents is 1. The molecule has 8 heteroatoms. The summed E-state index contributed by atoms with van der Waals surface area (Å²) in [6.45, 7) is 1.32. The molecule has 0 unspecified atom stereocenters. The second-order valence-corrected chi connectivity index (χ2v) is 8.91. The first kappa shape index (κ1) is 17.7. The van der Waals surface area contributed by atoms with Gasteiger partial charge in [-0.05, 0) is 43.9 Å². The summed E-state index contributed by atoms with van der Waals surface area (Å²) in [6.07, 6.45) is 2.11. The summed E-state index contributed by atoms with van der Waals surface area (Å²) >= 11 is 0. The minimum atomic E-state index is -3.10. The topological polar surface area (TPSA) is 101 Å². The third-order valence-corrected chi connectivity index (χ3v) is 6.28. The highest BCUT2D eigenvalue weighted by Gasteiger charge is 2.42. The van der Waals surface area contributed by atoms with Crippen molar-refractivity contribution in [3.63, 3.8) is 0 Å². The van der Waals surface area contributed by atoms with Gasteiger partial charge in [-0.25, -0.2) is 13.2 Å². The Hall–Kier alpha value is -2.09. The standard InChI is InChI=1S/C17H21NO6S/c1-11-2-5-14(15(19)8-11)17(21)24-9-16(20)18(12-3-4-12)13-6-7-25(22,23)10-13/h2,5,8,12-13,19H,3-4,6-7,9-10H2,1H3/t13-/m1/s1. The van der Waals surface area contributed by atoms with Crippen molar-refractivity contribution in [2.75, 3.05) is 18.1 Å².